The highest BCUT2D eigenvalue weighted by molar-refractivity contribution is 6.05. The number of pyridine rings is 1. The van der Waals surface area contributed by atoms with Crippen LogP contribution in [0.4, 0.5) is 0 Å². The number of halogens is 2. The van der Waals surface area contributed by atoms with Crippen LogP contribution in [0.25, 0.3) is 16.7 Å². The van der Waals surface area contributed by atoms with Gasteiger partial charge in [-0.1, -0.05) is 25.1 Å². The molecule has 3 aromatic rings. The number of hydrogen-bond acceptors (Lipinski definition) is 4. The highest BCUT2D eigenvalue weighted by Gasteiger charge is 2.18. The van der Waals surface area contributed by atoms with Gasteiger partial charge in [-0.15, -0.1) is 24.8 Å². The Bertz CT molecular complexity index is 909. The second-order valence-electron chi connectivity index (χ2n) is 5.00. The zero-order valence-corrected chi connectivity index (χ0v) is 15.0. The molecule has 0 fully saturated rings. The summed E-state index contributed by atoms with van der Waals surface area (Å²) in [6, 6.07) is 11.6. The van der Waals surface area contributed by atoms with Gasteiger partial charge in [-0.3, -0.25) is 15.5 Å². The fraction of sp³-hybridized carbons (Fsp3) is 0.125. The van der Waals surface area contributed by atoms with E-state index in [9.17, 15) is 4.79 Å². The molecule has 0 atom stereocenters. The monoisotopic (exact) mass is 380 g/mol. The fourth-order valence-electron chi connectivity index (χ4n) is 2.46. The van der Waals surface area contributed by atoms with Crippen molar-refractivity contribution in [1.82, 2.24) is 20.1 Å². The number of carbonyl (C=O) groups excluding carboxylic acids is 1. The quantitative estimate of drug-likeness (QED) is 0.478. The summed E-state index contributed by atoms with van der Waals surface area (Å²) in [4.78, 5) is 16.7. The summed E-state index contributed by atoms with van der Waals surface area (Å²) in [6.07, 6.45) is 2.06. The van der Waals surface area contributed by atoms with Crippen LogP contribution in [-0.4, -0.2) is 26.6 Å². The number of guanidine groups is 1. The Balaban J connectivity index is 0.00000156. The van der Waals surface area contributed by atoms with Crippen molar-refractivity contribution in [3.8, 4) is 5.82 Å². The lowest BCUT2D eigenvalue weighted by molar-refractivity contribution is 0.0975. The van der Waals surface area contributed by atoms with E-state index >= 15 is 0 Å². The molecule has 1 amide bonds. The number of rotatable bonds is 3. The van der Waals surface area contributed by atoms with Crippen molar-refractivity contribution in [2.75, 3.05) is 0 Å². The van der Waals surface area contributed by atoms with Crippen molar-refractivity contribution in [2.45, 2.75) is 13.3 Å². The van der Waals surface area contributed by atoms with E-state index in [0.717, 1.165) is 10.9 Å². The molecule has 2 aromatic heterocycles. The molecule has 0 radical (unpaired) electrons. The maximum absolute atomic E-state index is 12.1. The summed E-state index contributed by atoms with van der Waals surface area (Å²) in [5, 5.41) is 14.8. The average molecular weight is 381 g/mol. The molecule has 0 bridgehead atoms. The van der Waals surface area contributed by atoms with E-state index in [1.54, 1.807) is 4.68 Å². The SMILES string of the molecule is CCc1c(C(=O)NC(=N)N)cnn1-c1ccc2ccccc2n1.Cl.Cl. The predicted molar refractivity (Wildman–Crippen MR) is 102 cm³/mol. The molecule has 0 unspecified atom stereocenters. The number of amides is 1. The summed E-state index contributed by atoms with van der Waals surface area (Å²) in [5.74, 6) is -0.197. The van der Waals surface area contributed by atoms with Crippen LogP contribution in [-0.2, 0) is 6.42 Å². The molecule has 25 heavy (non-hydrogen) atoms. The van der Waals surface area contributed by atoms with E-state index in [1.807, 2.05) is 43.3 Å². The van der Waals surface area contributed by atoms with Gasteiger partial charge < -0.3 is 5.73 Å². The third-order valence-electron chi connectivity index (χ3n) is 3.50. The third kappa shape index (κ3) is 4.07. The standard InChI is InChI=1S/C16H16N6O.2ClH/c1-2-13-11(15(23)21-16(17)18)9-19-22(13)14-8-7-10-5-3-4-6-12(10)20-14;;/h3-9H,2H2,1H3,(H4,17,18,21,23);2*1H. The number of hydrogen-bond donors (Lipinski definition) is 3. The number of para-hydroxylation sites is 1. The molecular weight excluding hydrogens is 363 g/mol. The number of nitrogens with zero attached hydrogens (tertiary/aromatic N) is 3. The number of aromatic nitrogens is 3. The Morgan fingerprint density at radius 1 is 1.24 bits per heavy atom. The molecule has 0 saturated carbocycles. The van der Waals surface area contributed by atoms with Gasteiger partial charge in [0.25, 0.3) is 5.91 Å². The summed E-state index contributed by atoms with van der Waals surface area (Å²) in [6.45, 7) is 1.93. The Kier molecular flexibility index (Phi) is 6.90. The molecule has 2 heterocycles. The maximum Gasteiger partial charge on any atom is 0.261 e. The smallest absolute Gasteiger partial charge is 0.261 e. The first-order valence-electron chi connectivity index (χ1n) is 7.18. The first-order valence-corrected chi connectivity index (χ1v) is 7.18. The number of fused-ring (bicyclic) bond motifs is 1. The lowest BCUT2D eigenvalue weighted by Crippen LogP contribution is -2.36. The molecule has 9 heteroatoms. The second-order valence-corrected chi connectivity index (χ2v) is 5.00. The molecule has 1 aromatic carbocycles. The minimum Gasteiger partial charge on any atom is -0.370 e. The van der Waals surface area contributed by atoms with E-state index in [2.05, 4.69) is 15.4 Å². The van der Waals surface area contributed by atoms with Crippen molar-refractivity contribution in [3.05, 3.63) is 53.9 Å². The zero-order valence-electron chi connectivity index (χ0n) is 13.4. The third-order valence-corrected chi connectivity index (χ3v) is 3.50. The minimum absolute atomic E-state index is 0. The molecule has 0 saturated heterocycles. The summed E-state index contributed by atoms with van der Waals surface area (Å²) >= 11 is 0. The zero-order chi connectivity index (χ0) is 16.4. The maximum atomic E-state index is 12.1. The first kappa shape index (κ1) is 20.4. The van der Waals surface area contributed by atoms with Gasteiger partial charge in [-0.25, -0.2) is 9.67 Å². The predicted octanol–water partition coefficient (Wildman–Crippen LogP) is 2.45. The van der Waals surface area contributed by atoms with Crippen molar-refractivity contribution in [3.63, 3.8) is 0 Å². The topological polar surface area (TPSA) is 110 Å². The summed E-state index contributed by atoms with van der Waals surface area (Å²) in [7, 11) is 0. The minimum atomic E-state index is -0.443. The van der Waals surface area contributed by atoms with Crippen LogP contribution < -0.4 is 11.1 Å². The van der Waals surface area contributed by atoms with Crippen molar-refractivity contribution >= 4 is 47.6 Å². The van der Waals surface area contributed by atoms with Crippen molar-refractivity contribution in [1.29, 1.82) is 5.41 Å². The molecule has 0 spiro atoms. The number of nitrogens with one attached hydrogen (secondary N) is 2. The molecule has 3 rings (SSSR count). The van der Waals surface area contributed by atoms with E-state index in [1.165, 1.54) is 6.20 Å². The van der Waals surface area contributed by atoms with E-state index in [-0.39, 0.29) is 24.8 Å². The highest BCUT2D eigenvalue weighted by atomic mass is 35.5. The van der Waals surface area contributed by atoms with Gasteiger partial charge in [-0.05, 0) is 24.6 Å². The largest absolute Gasteiger partial charge is 0.370 e. The summed E-state index contributed by atoms with van der Waals surface area (Å²) < 4.78 is 1.64. The Morgan fingerprint density at radius 2 is 1.96 bits per heavy atom. The van der Waals surface area contributed by atoms with Crippen molar-refractivity contribution in [2.24, 2.45) is 5.73 Å². The van der Waals surface area contributed by atoms with E-state index in [4.69, 9.17) is 11.1 Å². The van der Waals surface area contributed by atoms with Crippen LogP contribution in [0.1, 0.15) is 23.0 Å². The van der Waals surface area contributed by atoms with Crippen molar-refractivity contribution < 1.29 is 4.79 Å². The molecule has 132 valence electrons. The number of benzene rings is 1. The van der Waals surface area contributed by atoms with Crippen LogP contribution in [0.2, 0.25) is 0 Å². The van der Waals surface area contributed by atoms with E-state index in [0.29, 0.717) is 23.5 Å². The van der Waals surface area contributed by atoms with E-state index < -0.39 is 11.9 Å². The van der Waals surface area contributed by atoms with Gasteiger partial charge in [0.2, 0.25) is 0 Å². The summed E-state index contributed by atoms with van der Waals surface area (Å²) in [5.41, 5.74) is 7.17. The first-order chi connectivity index (χ1) is 11.1. The Morgan fingerprint density at radius 3 is 2.64 bits per heavy atom. The van der Waals surface area contributed by atoms with Crippen LogP contribution >= 0.6 is 24.8 Å². The average Bonchev–Trinajstić information content (AvgIpc) is 2.97. The molecule has 0 aliphatic rings. The molecule has 7 nitrogen and oxygen atoms in total. The van der Waals surface area contributed by atoms with Crippen LogP contribution in [0.15, 0.2) is 42.6 Å². The Labute approximate surface area is 156 Å². The lowest BCUT2D eigenvalue weighted by atomic mass is 10.2. The fourth-order valence-corrected chi connectivity index (χ4v) is 2.46. The van der Waals surface area contributed by atoms with Gasteiger partial charge in [0.1, 0.15) is 0 Å². The van der Waals surface area contributed by atoms with Gasteiger partial charge >= 0.3 is 0 Å². The highest BCUT2D eigenvalue weighted by Crippen LogP contribution is 2.18. The van der Waals surface area contributed by atoms with Crippen LogP contribution in [0.5, 0.6) is 0 Å². The molecular formula is C16H18Cl2N6O. The van der Waals surface area contributed by atoms with Gasteiger partial charge in [-0.2, -0.15) is 5.10 Å². The second kappa shape index (κ2) is 8.46. The normalized spacial score (nSPS) is 9.80. The van der Waals surface area contributed by atoms with Crippen LogP contribution in [0.3, 0.4) is 0 Å². The lowest BCUT2D eigenvalue weighted by Gasteiger charge is -2.08. The van der Waals surface area contributed by atoms with Crippen LogP contribution in [0, 0.1) is 5.41 Å². The number of carbonyl (C=O) groups is 1. The molecule has 0 aliphatic carbocycles. The Hall–Kier alpha value is -2.64. The van der Waals surface area contributed by atoms with Gasteiger partial charge in [0, 0.05) is 5.39 Å². The molecule has 4 N–H and O–H groups in total. The number of nitrogens with two attached hydrogens (primary N) is 1. The molecule has 0 aliphatic heterocycles. The van der Waals surface area contributed by atoms with Gasteiger partial charge in [0.05, 0.1) is 23.0 Å². The van der Waals surface area contributed by atoms with Gasteiger partial charge in [0.15, 0.2) is 11.8 Å².